The van der Waals surface area contributed by atoms with E-state index in [1.54, 1.807) is 0 Å². The van der Waals surface area contributed by atoms with Crippen molar-refractivity contribution in [1.82, 2.24) is 0 Å². The van der Waals surface area contributed by atoms with Gasteiger partial charge in [0.1, 0.15) is 19.0 Å². The summed E-state index contributed by atoms with van der Waals surface area (Å²) in [4.78, 5) is 12.3. The number of esters is 1. The first kappa shape index (κ1) is 22.5. The third kappa shape index (κ3) is 6.69. The molecule has 0 saturated heterocycles. The number of carbonyl (C=O) groups excluding carboxylic acids is 1. The molecule has 0 aromatic heterocycles. The lowest BCUT2D eigenvalue weighted by atomic mass is 10.2. The molecule has 0 aliphatic rings. The van der Waals surface area contributed by atoms with Gasteiger partial charge in [-0.25, -0.2) is 4.79 Å². The zero-order valence-electron chi connectivity index (χ0n) is 14.5. The summed E-state index contributed by atoms with van der Waals surface area (Å²) in [6.07, 6.45) is 0. The first-order valence-electron chi connectivity index (χ1n) is 8.27. The van der Waals surface area contributed by atoms with Gasteiger partial charge in [-0.1, -0.05) is 18.2 Å². The molecule has 0 bridgehead atoms. The zero-order valence-corrected chi connectivity index (χ0v) is 23.1. The molecule has 0 unspecified atom stereocenters. The molecule has 0 amide bonds. The second-order valence-corrected chi connectivity index (χ2v) is 12.1. The quantitative estimate of drug-likeness (QED) is 0.160. The van der Waals surface area contributed by atoms with Gasteiger partial charge in [-0.15, -0.1) is 0 Å². The first-order valence-corrected chi connectivity index (χ1v) is 13.7. The van der Waals surface area contributed by atoms with Crippen molar-refractivity contribution in [3.63, 3.8) is 0 Å². The molecule has 0 spiro atoms. The lowest BCUT2D eigenvalue weighted by Crippen LogP contribution is -3.61. The highest BCUT2D eigenvalue weighted by atomic mass is 127. The summed E-state index contributed by atoms with van der Waals surface area (Å²) in [7, 11) is 0. The molecule has 0 saturated carbocycles. The first-order chi connectivity index (χ1) is 13.5. The van der Waals surface area contributed by atoms with Gasteiger partial charge in [-0.3, -0.25) is 0 Å². The van der Waals surface area contributed by atoms with Gasteiger partial charge in [0.25, 0.3) is 0 Å². The Morgan fingerprint density at radius 1 is 0.857 bits per heavy atom. The van der Waals surface area contributed by atoms with Crippen molar-refractivity contribution in [1.29, 1.82) is 0 Å². The van der Waals surface area contributed by atoms with Gasteiger partial charge in [0.05, 0.1) is 5.56 Å². The van der Waals surface area contributed by atoms with Crippen LogP contribution in [0.5, 0.6) is 5.75 Å². The Morgan fingerprint density at radius 3 is 2.25 bits per heavy atom. The smallest absolute Gasteiger partial charge is 0.357 e. The lowest BCUT2D eigenvalue weighted by molar-refractivity contribution is -0.597. The maximum Gasteiger partial charge on any atom is 0.357 e. The summed E-state index contributed by atoms with van der Waals surface area (Å²) in [6, 6.07) is 22.6. The molecule has 7 heteroatoms. The number of hydrogen-bond acceptors (Lipinski definition) is 3. The summed E-state index contributed by atoms with van der Waals surface area (Å²) in [6.45, 7) is 0.548. The van der Waals surface area contributed by atoms with E-state index in [0.717, 1.165) is 16.5 Å². The second-order valence-electron chi connectivity index (χ2n) is 5.58. The van der Waals surface area contributed by atoms with Crippen LogP contribution < -0.4 is 25.9 Å². The molecular weight excluding hydrogens is 808 g/mol. The average molecular weight is 823 g/mol. The largest absolute Gasteiger partial charge is 0.490 e. The Labute approximate surface area is 215 Å². The van der Waals surface area contributed by atoms with E-state index in [4.69, 9.17) is 9.47 Å². The van der Waals surface area contributed by atoms with Gasteiger partial charge < -0.3 is 9.47 Å². The van der Waals surface area contributed by atoms with Gasteiger partial charge in [0, 0.05) is 10.7 Å². The Kier molecular flexibility index (Phi) is 9.09. The van der Waals surface area contributed by atoms with Gasteiger partial charge in [-0.2, -0.15) is 0 Å². The van der Waals surface area contributed by atoms with Crippen LogP contribution in [0.2, 0.25) is 0 Å². The van der Waals surface area contributed by atoms with E-state index in [-0.39, 0.29) is 33.8 Å². The van der Waals surface area contributed by atoms with Crippen molar-refractivity contribution in [2.24, 2.45) is 0 Å². The highest BCUT2D eigenvalue weighted by Crippen LogP contribution is 2.23. The van der Waals surface area contributed by atoms with Crippen LogP contribution in [-0.4, -0.2) is 19.2 Å². The molecule has 0 heterocycles. The third-order valence-electron chi connectivity index (χ3n) is 3.56. The monoisotopic (exact) mass is 823 g/mol. The van der Waals surface area contributed by atoms with E-state index < -0.39 is 0 Å². The lowest BCUT2D eigenvalue weighted by Gasteiger charge is -2.09. The Balaban J connectivity index is 1.47. The molecule has 0 N–H and O–H groups in total. The van der Waals surface area contributed by atoms with Crippen LogP contribution in [0, 0.1) is 17.9 Å². The van der Waals surface area contributed by atoms with Crippen LogP contribution in [0.1, 0.15) is 10.4 Å². The molecule has 3 rings (SSSR count). The van der Waals surface area contributed by atoms with Crippen molar-refractivity contribution in [2.75, 3.05) is 13.2 Å². The highest BCUT2D eigenvalue weighted by Gasteiger charge is 2.16. The molecule has 0 fully saturated rings. The van der Waals surface area contributed by atoms with Crippen LogP contribution in [0.15, 0.2) is 66.7 Å². The normalized spacial score (nSPS) is 10.5. The van der Waals surface area contributed by atoms with E-state index in [1.165, 1.54) is 7.14 Å². The standard InChI is InChI=1S/C21H15I4O3/c22-14-12-18(20(24)19(23)13-14)21(26)28-11-10-27-17-8-6-16(7-9-17)25-15-4-2-1-3-5-15/h1-9,12-13H,10-11H2/q+1. The highest BCUT2D eigenvalue weighted by molar-refractivity contribution is 14.1. The van der Waals surface area contributed by atoms with Crippen LogP contribution in [-0.2, 0) is 4.74 Å². The topological polar surface area (TPSA) is 35.5 Å². The third-order valence-corrected chi connectivity index (χ3v) is 9.91. The molecule has 0 radical (unpaired) electrons. The number of halogens is 4. The molecule has 3 aromatic carbocycles. The summed E-state index contributed by atoms with van der Waals surface area (Å²) >= 11 is 6.44. The van der Waals surface area contributed by atoms with Gasteiger partial charge in [0.2, 0.25) is 0 Å². The summed E-state index contributed by atoms with van der Waals surface area (Å²) < 4.78 is 16.8. The van der Waals surface area contributed by atoms with Crippen molar-refractivity contribution in [3.05, 3.63) is 90.1 Å². The molecule has 0 atom stereocenters. The number of carbonyl (C=O) groups is 1. The van der Waals surface area contributed by atoms with E-state index in [0.29, 0.717) is 12.2 Å². The van der Waals surface area contributed by atoms with Gasteiger partial charge in [-0.05, 0) is 116 Å². The number of hydrogen-bond donors (Lipinski definition) is 0. The molecule has 3 nitrogen and oxygen atoms in total. The maximum absolute atomic E-state index is 12.3. The number of ether oxygens (including phenoxy) is 2. The van der Waals surface area contributed by atoms with Crippen molar-refractivity contribution < 1.29 is 35.5 Å². The van der Waals surface area contributed by atoms with Crippen LogP contribution in [0.25, 0.3) is 0 Å². The van der Waals surface area contributed by atoms with Gasteiger partial charge in [0.15, 0.2) is 7.14 Å². The molecule has 144 valence electrons. The predicted molar refractivity (Wildman–Crippen MR) is 131 cm³/mol. The SMILES string of the molecule is O=C(OCCOc1ccc([I+]c2ccccc2)cc1)c1cc(I)cc(I)c1I. The molecule has 0 aliphatic heterocycles. The van der Waals surface area contributed by atoms with Crippen LogP contribution >= 0.6 is 67.8 Å². The number of rotatable bonds is 7. The van der Waals surface area contributed by atoms with E-state index in [2.05, 4.69) is 104 Å². The van der Waals surface area contributed by atoms with Crippen molar-refractivity contribution in [2.45, 2.75) is 0 Å². The van der Waals surface area contributed by atoms with E-state index >= 15 is 0 Å². The maximum atomic E-state index is 12.3. The average Bonchev–Trinajstić information content (AvgIpc) is 2.70. The molecule has 28 heavy (non-hydrogen) atoms. The summed E-state index contributed by atoms with van der Waals surface area (Å²) in [5, 5.41) is 0. The van der Waals surface area contributed by atoms with Crippen LogP contribution in [0.4, 0.5) is 0 Å². The minimum atomic E-state index is -0.313. The fourth-order valence-electron chi connectivity index (χ4n) is 2.27. The molecular formula is C21H15I4O3+. The Bertz CT molecular complexity index is 944. The van der Waals surface area contributed by atoms with E-state index in [9.17, 15) is 4.79 Å². The molecule has 0 aliphatic carbocycles. The summed E-state index contributed by atoms with van der Waals surface area (Å²) in [5.41, 5.74) is 0.603. The number of benzene rings is 3. The summed E-state index contributed by atoms with van der Waals surface area (Å²) in [5.74, 6) is 0.475. The second kappa shape index (κ2) is 11.3. The van der Waals surface area contributed by atoms with Gasteiger partial charge >= 0.3 is 27.2 Å². The van der Waals surface area contributed by atoms with Crippen LogP contribution in [0.3, 0.4) is 0 Å². The van der Waals surface area contributed by atoms with Crippen molar-refractivity contribution in [3.8, 4) is 5.75 Å². The Morgan fingerprint density at radius 2 is 1.54 bits per heavy atom. The predicted octanol–water partition coefficient (Wildman–Crippen LogP) is 2.86. The zero-order chi connectivity index (χ0) is 19.9. The van der Waals surface area contributed by atoms with Crippen molar-refractivity contribution >= 4 is 73.7 Å². The fraction of sp³-hybridized carbons (Fsp3) is 0.0952. The molecule has 3 aromatic rings. The Hall–Kier alpha value is -0.150. The van der Waals surface area contributed by atoms with E-state index in [1.807, 2.05) is 30.3 Å². The minimum absolute atomic E-state index is 0.172. The minimum Gasteiger partial charge on any atom is -0.490 e. The fourth-order valence-corrected chi connectivity index (χ4v) is 6.86.